The Bertz CT molecular complexity index is 604. The van der Waals surface area contributed by atoms with Crippen molar-refractivity contribution < 1.29 is 4.79 Å². The van der Waals surface area contributed by atoms with Crippen molar-refractivity contribution in [1.82, 2.24) is 10.3 Å². The van der Waals surface area contributed by atoms with E-state index in [4.69, 9.17) is 0 Å². The van der Waals surface area contributed by atoms with Gasteiger partial charge in [-0.05, 0) is 12.1 Å². The monoisotopic (exact) mass is 301 g/mol. The molecule has 110 valence electrons. The summed E-state index contributed by atoms with van der Waals surface area (Å²) in [5.74, 6) is -0.0641. The fourth-order valence-corrected chi connectivity index (χ4v) is 2.69. The van der Waals surface area contributed by atoms with Crippen LogP contribution in [0.1, 0.15) is 11.9 Å². The van der Waals surface area contributed by atoms with Gasteiger partial charge < -0.3 is 10.6 Å². The number of amides is 1. The lowest BCUT2D eigenvalue weighted by Crippen LogP contribution is -2.16. The second kappa shape index (κ2) is 7.71. The number of carbonyl (C=O) groups is 1. The number of nitrogens with one attached hydrogen (secondary N) is 2. The van der Waals surface area contributed by atoms with Gasteiger partial charge in [0.2, 0.25) is 5.91 Å². The van der Waals surface area contributed by atoms with Crippen molar-refractivity contribution in [3.8, 4) is 11.3 Å². The Labute approximate surface area is 128 Å². The molecule has 2 aromatic rings. The molecule has 1 heterocycles. The van der Waals surface area contributed by atoms with Crippen LogP contribution in [0.15, 0.2) is 42.3 Å². The minimum atomic E-state index is -0.0641. The van der Waals surface area contributed by atoms with E-state index in [0.717, 1.165) is 41.5 Å². The molecule has 1 amide bonds. The van der Waals surface area contributed by atoms with Crippen LogP contribution in [0.4, 0.5) is 5.69 Å². The van der Waals surface area contributed by atoms with Crippen molar-refractivity contribution in [3.05, 3.63) is 47.3 Å². The van der Waals surface area contributed by atoms with E-state index >= 15 is 0 Å². The zero-order valence-electron chi connectivity index (χ0n) is 12.1. The third-order valence-corrected chi connectivity index (χ3v) is 3.77. The van der Waals surface area contributed by atoms with Gasteiger partial charge in [0.05, 0.1) is 10.7 Å². The lowest BCUT2D eigenvalue weighted by atomic mass is 10.1. The maximum Gasteiger partial charge on any atom is 0.221 e. The minimum Gasteiger partial charge on any atom is -0.326 e. The summed E-state index contributed by atoms with van der Waals surface area (Å²) in [5.41, 5.74) is 2.84. The molecule has 21 heavy (non-hydrogen) atoms. The summed E-state index contributed by atoms with van der Waals surface area (Å²) in [6, 6.07) is 7.73. The maximum atomic E-state index is 11.0. The number of aromatic nitrogens is 1. The second-order valence-electron chi connectivity index (χ2n) is 4.63. The van der Waals surface area contributed by atoms with E-state index in [9.17, 15) is 4.79 Å². The quantitative estimate of drug-likeness (QED) is 0.610. The highest BCUT2D eigenvalue weighted by Crippen LogP contribution is 2.23. The second-order valence-corrected chi connectivity index (χ2v) is 5.57. The number of thiazole rings is 1. The third kappa shape index (κ3) is 4.81. The normalized spacial score (nSPS) is 10.3. The molecule has 0 spiro atoms. The first-order valence-corrected chi connectivity index (χ1v) is 7.71. The van der Waals surface area contributed by atoms with E-state index in [1.807, 2.05) is 30.3 Å². The van der Waals surface area contributed by atoms with Gasteiger partial charge in [-0.15, -0.1) is 17.9 Å². The standard InChI is InChI=1S/C16H19N3OS/c1-3-9-17-10-8-16-19-15(11-21-16)13-4-6-14(7-5-13)18-12(2)20/h3-7,11,17H,1,8-10H2,2H3,(H,18,20). The van der Waals surface area contributed by atoms with Crippen LogP contribution in [0, 0.1) is 0 Å². The van der Waals surface area contributed by atoms with Crippen LogP contribution in [0.3, 0.4) is 0 Å². The Morgan fingerprint density at radius 1 is 1.38 bits per heavy atom. The molecule has 0 aliphatic rings. The zero-order valence-corrected chi connectivity index (χ0v) is 12.9. The smallest absolute Gasteiger partial charge is 0.221 e. The predicted molar refractivity (Wildman–Crippen MR) is 88.6 cm³/mol. The first kappa shape index (κ1) is 15.4. The molecule has 1 aromatic heterocycles. The molecule has 0 saturated carbocycles. The molecule has 0 aliphatic heterocycles. The van der Waals surface area contributed by atoms with Gasteiger partial charge in [0.1, 0.15) is 0 Å². The topological polar surface area (TPSA) is 54.0 Å². The summed E-state index contributed by atoms with van der Waals surface area (Å²) in [7, 11) is 0. The fourth-order valence-electron chi connectivity index (χ4n) is 1.89. The van der Waals surface area contributed by atoms with Gasteiger partial charge in [-0.2, -0.15) is 0 Å². The number of carbonyl (C=O) groups excluding carboxylic acids is 1. The number of rotatable bonds is 7. The predicted octanol–water partition coefficient (Wildman–Crippen LogP) is 3.09. The van der Waals surface area contributed by atoms with E-state index in [1.54, 1.807) is 11.3 Å². The average Bonchev–Trinajstić information content (AvgIpc) is 2.93. The highest BCUT2D eigenvalue weighted by molar-refractivity contribution is 7.09. The molecule has 2 rings (SSSR count). The summed E-state index contributed by atoms with van der Waals surface area (Å²) in [5, 5.41) is 9.21. The molecule has 0 saturated heterocycles. The molecule has 0 aliphatic carbocycles. The highest BCUT2D eigenvalue weighted by Gasteiger charge is 2.05. The summed E-state index contributed by atoms with van der Waals surface area (Å²) >= 11 is 1.67. The lowest BCUT2D eigenvalue weighted by molar-refractivity contribution is -0.114. The minimum absolute atomic E-state index is 0.0641. The Kier molecular flexibility index (Phi) is 5.66. The van der Waals surface area contributed by atoms with E-state index in [0.29, 0.717) is 0 Å². The Morgan fingerprint density at radius 2 is 2.14 bits per heavy atom. The van der Waals surface area contributed by atoms with Crippen LogP contribution in [0.2, 0.25) is 0 Å². The Morgan fingerprint density at radius 3 is 2.81 bits per heavy atom. The van der Waals surface area contributed by atoms with E-state index < -0.39 is 0 Å². The van der Waals surface area contributed by atoms with E-state index in [2.05, 4.69) is 27.6 Å². The van der Waals surface area contributed by atoms with Crippen LogP contribution < -0.4 is 10.6 Å². The number of hydrogen-bond acceptors (Lipinski definition) is 4. The molecule has 0 bridgehead atoms. The van der Waals surface area contributed by atoms with Gasteiger partial charge in [-0.25, -0.2) is 4.98 Å². The van der Waals surface area contributed by atoms with E-state index in [1.165, 1.54) is 6.92 Å². The van der Waals surface area contributed by atoms with Crippen LogP contribution in [0.5, 0.6) is 0 Å². The molecule has 0 fully saturated rings. The summed E-state index contributed by atoms with van der Waals surface area (Å²) in [6.07, 6.45) is 2.77. The van der Waals surface area contributed by atoms with Crippen molar-refractivity contribution in [2.75, 3.05) is 18.4 Å². The Balaban J connectivity index is 1.97. The summed E-state index contributed by atoms with van der Waals surface area (Å²) < 4.78 is 0. The van der Waals surface area contributed by atoms with Gasteiger partial charge >= 0.3 is 0 Å². The molecule has 1 aromatic carbocycles. The lowest BCUT2D eigenvalue weighted by Gasteiger charge is -2.02. The first-order valence-electron chi connectivity index (χ1n) is 6.83. The van der Waals surface area contributed by atoms with Crippen molar-refractivity contribution in [2.45, 2.75) is 13.3 Å². The molecular weight excluding hydrogens is 282 g/mol. The van der Waals surface area contributed by atoms with Gasteiger partial charge in [-0.3, -0.25) is 4.79 Å². The van der Waals surface area contributed by atoms with Gasteiger partial charge in [0.15, 0.2) is 0 Å². The SMILES string of the molecule is C=CCNCCc1nc(-c2ccc(NC(C)=O)cc2)cs1. The largest absolute Gasteiger partial charge is 0.326 e. The Hall–Kier alpha value is -1.98. The van der Waals surface area contributed by atoms with Crippen molar-refractivity contribution in [1.29, 1.82) is 0 Å². The fraction of sp³-hybridized carbons (Fsp3) is 0.250. The van der Waals surface area contributed by atoms with Gasteiger partial charge in [0.25, 0.3) is 0 Å². The van der Waals surface area contributed by atoms with E-state index in [-0.39, 0.29) is 5.91 Å². The third-order valence-electron chi connectivity index (χ3n) is 2.86. The first-order chi connectivity index (χ1) is 10.2. The van der Waals surface area contributed by atoms with Crippen molar-refractivity contribution in [2.24, 2.45) is 0 Å². The number of anilines is 1. The number of hydrogen-bond donors (Lipinski definition) is 2. The van der Waals surface area contributed by atoms with Gasteiger partial charge in [-0.1, -0.05) is 18.2 Å². The maximum absolute atomic E-state index is 11.0. The summed E-state index contributed by atoms with van der Waals surface area (Å²) in [6.45, 7) is 6.90. The van der Waals surface area contributed by atoms with Crippen molar-refractivity contribution in [3.63, 3.8) is 0 Å². The van der Waals surface area contributed by atoms with Crippen LogP contribution in [-0.2, 0) is 11.2 Å². The van der Waals surface area contributed by atoms with Crippen molar-refractivity contribution >= 4 is 22.9 Å². The molecule has 2 N–H and O–H groups in total. The zero-order chi connectivity index (χ0) is 15.1. The molecule has 0 atom stereocenters. The molecule has 5 heteroatoms. The number of benzene rings is 1. The van der Waals surface area contributed by atoms with Crippen LogP contribution >= 0.6 is 11.3 Å². The summed E-state index contributed by atoms with van der Waals surface area (Å²) in [4.78, 5) is 15.6. The average molecular weight is 301 g/mol. The molecule has 0 radical (unpaired) electrons. The van der Waals surface area contributed by atoms with Crippen LogP contribution in [0.25, 0.3) is 11.3 Å². The molecular formula is C16H19N3OS. The molecule has 0 unspecified atom stereocenters. The highest BCUT2D eigenvalue weighted by atomic mass is 32.1. The molecule has 4 nitrogen and oxygen atoms in total. The van der Waals surface area contributed by atoms with Gasteiger partial charge in [0, 0.05) is 43.1 Å². The van der Waals surface area contributed by atoms with Crippen LogP contribution in [-0.4, -0.2) is 24.0 Å². The number of nitrogens with zero attached hydrogens (tertiary/aromatic N) is 1.